The van der Waals surface area contributed by atoms with Crippen LogP contribution in [-0.2, 0) is 6.42 Å². The first kappa shape index (κ1) is 11.1. The van der Waals surface area contributed by atoms with E-state index in [-0.39, 0.29) is 0 Å². The molecule has 0 bridgehead atoms. The van der Waals surface area contributed by atoms with Gasteiger partial charge in [-0.15, -0.1) is 5.10 Å². The van der Waals surface area contributed by atoms with E-state index in [1.54, 1.807) is 0 Å². The summed E-state index contributed by atoms with van der Waals surface area (Å²) in [6.45, 7) is 1.14. The highest BCUT2D eigenvalue weighted by molar-refractivity contribution is 5.06. The topological polar surface area (TPSA) is 50.7 Å². The lowest BCUT2D eigenvalue weighted by Gasteiger charge is -2.11. The van der Waals surface area contributed by atoms with Crippen molar-refractivity contribution >= 4 is 0 Å². The van der Waals surface area contributed by atoms with E-state index >= 15 is 0 Å². The standard InChI is InChI=1S/C13H20N4/c1-2-5-10(4-1)12-9-15-17-13(16-12)8-11-6-3-7-14-11/h9-11,14H,1-8H2. The fourth-order valence-corrected chi connectivity index (χ4v) is 3.01. The van der Waals surface area contributed by atoms with E-state index in [0.717, 1.165) is 18.8 Å². The van der Waals surface area contributed by atoms with Gasteiger partial charge in [-0.2, -0.15) is 5.10 Å². The zero-order valence-electron chi connectivity index (χ0n) is 10.2. The molecule has 1 N–H and O–H groups in total. The third kappa shape index (κ3) is 2.63. The summed E-state index contributed by atoms with van der Waals surface area (Å²) < 4.78 is 0. The van der Waals surface area contributed by atoms with Gasteiger partial charge in [0.25, 0.3) is 0 Å². The van der Waals surface area contributed by atoms with Gasteiger partial charge in [0.1, 0.15) is 0 Å². The summed E-state index contributed by atoms with van der Waals surface area (Å²) in [4.78, 5) is 4.70. The highest BCUT2D eigenvalue weighted by atomic mass is 15.1. The second-order valence-corrected chi connectivity index (χ2v) is 5.28. The van der Waals surface area contributed by atoms with Crippen molar-refractivity contribution < 1.29 is 0 Å². The quantitative estimate of drug-likeness (QED) is 0.863. The maximum atomic E-state index is 4.70. The molecule has 1 unspecified atom stereocenters. The van der Waals surface area contributed by atoms with Crippen LogP contribution in [0, 0.1) is 0 Å². The summed E-state index contributed by atoms with van der Waals surface area (Å²) in [7, 11) is 0. The van der Waals surface area contributed by atoms with Crippen LogP contribution < -0.4 is 5.32 Å². The molecule has 17 heavy (non-hydrogen) atoms. The van der Waals surface area contributed by atoms with Crippen LogP contribution in [0.5, 0.6) is 0 Å². The van der Waals surface area contributed by atoms with Gasteiger partial charge in [0.2, 0.25) is 0 Å². The molecule has 3 rings (SSSR count). The molecule has 2 aliphatic rings. The Bertz CT molecular complexity index is 367. The lowest BCUT2D eigenvalue weighted by Crippen LogP contribution is -2.25. The Morgan fingerprint density at radius 1 is 1.18 bits per heavy atom. The first-order valence-corrected chi connectivity index (χ1v) is 6.84. The van der Waals surface area contributed by atoms with Crippen molar-refractivity contribution in [3.63, 3.8) is 0 Å². The Morgan fingerprint density at radius 3 is 2.82 bits per heavy atom. The molecular formula is C13H20N4. The average Bonchev–Trinajstić information content (AvgIpc) is 3.01. The maximum absolute atomic E-state index is 4.70. The van der Waals surface area contributed by atoms with Crippen LogP contribution in [0.4, 0.5) is 0 Å². The molecule has 2 fully saturated rings. The molecule has 0 radical (unpaired) electrons. The molecule has 2 heterocycles. The molecule has 1 aromatic heterocycles. The van der Waals surface area contributed by atoms with Crippen LogP contribution in [-0.4, -0.2) is 27.8 Å². The van der Waals surface area contributed by atoms with E-state index in [4.69, 9.17) is 4.98 Å². The average molecular weight is 232 g/mol. The first-order chi connectivity index (χ1) is 8.42. The lowest BCUT2D eigenvalue weighted by atomic mass is 10.0. The van der Waals surface area contributed by atoms with E-state index < -0.39 is 0 Å². The van der Waals surface area contributed by atoms with Crippen molar-refractivity contribution in [2.45, 2.75) is 56.9 Å². The van der Waals surface area contributed by atoms with Crippen LogP contribution in [0.3, 0.4) is 0 Å². The van der Waals surface area contributed by atoms with Gasteiger partial charge in [0, 0.05) is 18.4 Å². The van der Waals surface area contributed by atoms with Crippen LogP contribution in [0.1, 0.15) is 56.0 Å². The lowest BCUT2D eigenvalue weighted by molar-refractivity contribution is 0.570. The molecule has 1 atom stereocenters. The highest BCUT2D eigenvalue weighted by Gasteiger charge is 2.21. The van der Waals surface area contributed by atoms with Crippen molar-refractivity contribution in [1.29, 1.82) is 0 Å². The summed E-state index contributed by atoms with van der Waals surface area (Å²) in [5, 5.41) is 11.8. The number of rotatable bonds is 3. The minimum atomic E-state index is 0.565. The molecule has 0 aromatic carbocycles. The molecular weight excluding hydrogens is 212 g/mol. The van der Waals surface area contributed by atoms with E-state index in [2.05, 4.69) is 15.5 Å². The minimum Gasteiger partial charge on any atom is -0.314 e. The summed E-state index contributed by atoms with van der Waals surface area (Å²) >= 11 is 0. The predicted molar refractivity (Wildman–Crippen MR) is 65.8 cm³/mol. The van der Waals surface area contributed by atoms with Gasteiger partial charge in [0.05, 0.1) is 11.9 Å². The molecule has 4 heteroatoms. The molecule has 1 aliphatic carbocycles. The predicted octanol–water partition coefficient (Wildman–Crippen LogP) is 1.82. The van der Waals surface area contributed by atoms with Crippen LogP contribution >= 0.6 is 0 Å². The Labute approximate surface area is 102 Å². The summed E-state index contributed by atoms with van der Waals surface area (Å²) in [5.41, 5.74) is 1.17. The maximum Gasteiger partial charge on any atom is 0.152 e. The third-order valence-electron chi connectivity index (χ3n) is 3.99. The number of nitrogens with one attached hydrogen (secondary N) is 1. The fourth-order valence-electron chi connectivity index (χ4n) is 3.01. The second-order valence-electron chi connectivity index (χ2n) is 5.28. The molecule has 4 nitrogen and oxygen atoms in total. The molecule has 1 aliphatic heterocycles. The van der Waals surface area contributed by atoms with Crippen molar-refractivity contribution in [1.82, 2.24) is 20.5 Å². The molecule has 92 valence electrons. The fraction of sp³-hybridized carbons (Fsp3) is 0.769. The van der Waals surface area contributed by atoms with Gasteiger partial charge in [-0.1, -0.05) is 12.8 Å². The number of nitrogens with zero attached hydrogens (tertiary/aromatic N) is 3. The summed E-state index contributed by atoms with van der Waals surface area (Å²) in [6, 6.07) is 0.565. The summed E-state index contributed by atoms with van der Waals surface area (Å²) in [6.07, 6.45) is 10.6. The molecule has 1 saturated heterocycles. The Kier molecular flexibility index (Phi) is 3.31. The van der Waals surface area contributed by atoms with E-state index in [1.165, 1.54) is 44.2 Å². The van der Waals surface area contributed by atoms with E-state index in [1.807, 2.05) is 6.20 Å². The van der Waals surface area contributed by atoms with Crippen molar-refractivity contribution in [3.8, 4) is 0 Å². The van der Waals surface area contributed by atoms with Gasteiger partial charge in [-0.05, 0) is 32.2 Å². The number of hydrogen-bond donors (Lipinski definition) is 1. The second kappa shape index (κ2) is 5.08. The van der Waals surface area contributed by atoms with Crippen LogP contribution in [0.2, 0.25) is 0 Å². The Morgan fingerprint density at radius 2 is 2.06 bits per heavy atom. The van der Waals surface area contributed by atoms with Crippen LogP contribution in [0.25, 0.3) is 0 Å². The highest BCUT2D eigenvalue weighted by Crippen LogP contribution is 2.32. The van der Waals surface area contributed by atoms with Gasteiger partial charge < -0.3 is 5.32 Å². The monoisotopic (exact) mass is 232 g/mol. The molecule has 1 aromatic rings. The third-order valence-corrected chi connectivity index (χ3v) is 3.99. The molecule has 1 saturated carbocycles. The largest absolute Gasteiger partial charge is 0.314 e. The van der Waals surface area contributed by atoms with Crippen molar-refractivity contribution in [3.05, 3.63) is 17.7 Å². The van der Waals surface area contributed by atoms with Gasteiger partial charge >= 0.3 is 0 Å². The summed E-state index contributed by atoms with van der Waals surface area (Å²) in [5.74, 6) is 1.56. The van der Waals surface area contributed by atoms with Gasteiger partial charge in [-0.3, -0.25) is 0 Å². The van der Waals surface area contributed by atoms with E-state index in [0.29, 0.717) is 12.0 Å². The molecule has 0 amide bonds. The van der Waals surface area contributed by atoms with Gasteiger partial charge in [0.15, 0.2) is 5.82 Å². The zero-order valence-corrected chi connectivity index (χ0v) is 10.2. The SMILES string of the molecule is c1nnc(CC2CCCN2)nc1C1CCCC1. The Hall–Kier alpha value is -1.03. The smallest absolute Gasteiger partial charge is 0.152 e. The first-order valence-electron chi connectivity index (χ1n) is 6.84. The van der Waals surface area contributed by atoms with Crippen molar-refractivity contribution in [2.24, 2.45) is 0 Å². The zero-order chi connectivity index (χ0) is 11.5. The van der Waals surface area contributed by atoms with Crippen molar-refractivity contribution in [2.75, 3.05) is 6.54 Å². The normalized spacial score (nSPS) is 25.5. The minimum absolute atomic E-state index is 0.565. The van der Waals surface area contributed by atoms with Crippen LogP contribution in [0.15, 0.2) is 6.20 Å². The van der Waals surface area contributed by atoms with E-state index in [9.17, 15) is 0 Å². The number of hydrogen-bond acceptors (Lipinski definition) is 4. The Balaban J connectivity index is 1.69. The molecule has 0 spiro atoms. The van der Waals surface area contributed by atoms with Gasteiger partial charge in [-0.25, -0.2) is 4.98 Å². The number of aromatic nitrogens is 3.